The third-order valence-corrected chi connectivity index (χ3v) is 5.47. The monoisotopic (exact) mass is 430 g/mol. The number of aryl methyl sites for hydroxylation is 1. The van der Waals surface area contributed by atoms with E-state index in [1.165, 1.54) is 0 Å². The molecule has 0 aliphatic rings. The molecule has 1 N–H and O–H groups in total. The zero-order valence-electron chi connectivity index (χ0n) is 18.9. The van der Waals surface area contributed by atoms with Gasteiger partial charge in [0.1, 0.15) is 11.8 Å². The molecular weight excluding hydrogens is 400 g/mol. The van der Waals surface area contributed by atoms with Crippen molar-refractivity contribution in [3.63, 3.8) is 0 Å². The summed E-state index contributed by atoms with van der Waals surface area (Å²) in [5, 5.41) is 2.75. The Labute approximate surface area is 190 Å². The van der Waals surface area contributed by atoms with Crippen molar-refractivity contribution in [3.05, 3.63) is 101 Å². The average molecular weight is 431 g/mol. The molecule has 0 saturated carbocycles. The van der Waals surface area contributed by atoms with Gasteiger partial charge in [0.2, 0.25) is 11.8 Å². The number of hydrogen-bond acceptors (Lipinski definition) is 3. The lowest BCUT2D eigenvalue weighted by molar-refractivity contribution is -0.140. The maximum Gasteiger partial charge on any atom is 0.242 e. The zero-order chi connectivity index (χ0) is 22.9. The van der Waals surface area contributed by atoms with E-state index < -0.39 is 6.04 Å². The number of carbonyl (C=O) groups excluding carboxylic acids is 2. The quantitative estimate of drug-likeness (QED) is 0.560. The van der Waals surface area contributed by atoms with Gasteiger partial charge in [-0.3, -0.25) is 9.59 Å². The minimum absolute atomic E-state index is 0.0961. The molecule has 0 fully saturated rings. The average Bonchev–Trinajstić information content (AvgIpc) is 2.82. The van der Waals surface area contributed by atoms with Crippen LogP contribution in [0.25, 0.3) is 0 Å². The number of amides is 2. The normalized spacial score (nSPS) is 11.5. The van der Waals surface area contributed by atoms with Crippen molar-refractivity contribution in [1.82, 2.24) is 10.2 Å². The van der Waals surface area contributed by atoms with Gasteiger partial charge in [0, 0.05) is 20.0 Å². The minimum atomic E-state index is -0.617. The van der Waals surface area contributed by atoms with Crippen LogP contribution >= 0.6 is 0 Å². The van der Waals surface area contributed by atoms with Gasteiger partial charge in [-0.1, -0.05) is 72.3 Å². The van der Waals surface area contributed by atoms with Gasteiger partial charge in [-0.2, -0.15) is 0 Å². The molecule has 0 radical (unpaired) electrons. The fourth-order valence-corrected chi connectivity index (χ4v) is 3.75. The number of rotatable bonds is 9. The summed E-state index contributed by atoms with van der Waals surface area (Å²) in [7, 11) is 3.22. The molecule has 0 spiro atoms. The van der Waals surface area contributed by atoms with Crippen LogP contribution in [-0.4, -0.2) is 36.9 Å². The maximum absolute atomic E-state index is 13.5. The van der Waals surface area contributed by atoms with E-state index in [2.05, 4.69) is 11.4 Å². The molecule has 0 aliphatic carbocycles. The number of methoxy groups -OCH3 is 1. The predicted molar refractivity (Wildman–Crippen MR) is 126 cm³/mol. The van der Waals surface area contributed by atoms with Gasteiger partial charge in [0.15, 0.2) is 0 Å². The first-order chi connectivity index (χ1) is 15.5. The molecule has 2 amide bonds. The molecule has 3 rings (SSSR count). The van der Waals surface area contributed by atoms with Crippen LogP contribution in [0.4, 0.5) is 0 Å². The van der Waals surface area contributed by atoms with Crippen molar-refractivity contribution in [2.45, 2.75) is 32.4 Å². The van der Waals surface area contributed by atoms with Gasteiger partial charge in [0.05, 0.1) is 13.5 Å². The molecule has 0 bridgehead atoms. The second-order valence-electron chi connectivity index (χ2n) is 7.86. The number of hydrogen-bond donors (Lipinski definition) is 1. The van der Waals surface area contributed by atoms with E-state index in [1.54, 1.807) is 19.1 Å². The molecule has 1 atom stereocenters. The fourth-order valence-electron chi connectivity index (χ4n) is 3.75. The van der Waals surface area contributed by atoms with Crippen molar-refractivity contribution in [1.29, 1.82) is 0 Å². The molecule has 0 saturated heterocycles. The van der Waals surface area contributed by atoms with E-state index in [0.29, 0.717) is 13.0 Å². The molecule has 5 heteroatoms. The van der Waals surface area contributed by atoms with Crippen LogP contribution < -0.4 is 10.1 Å². The summed E-state index contributed by atoms with van der Waals surface area (Å²) >= 11 is 0. The summed E-state index contributed by atoms with van der Waals surface area (Å²) in [6, 6.07) is 24.7. The largest absolute Gasteiger partial charge is 0.497 e. The van der Waals surface area contributed by atoms with Crippen LogP contribution in [0.5, 0.6) is 5.75 Å². The molecule has 0 heterocycles. The number of nitrogens with zero attached hydrogens (tertiary/aromatic N) is 1. The summed E-state index contributed by atoms with van der Waals surface area (Å²) < 4.78 is 5.21. The lowest BCUT2D eigenvalue weighted by atomic mass is 10.0. The van der Waals surface area contributed by atoms with E-state index in [0.717, 1.165) is 28.0 Å². The van der Waals surface area contributed by atoms with Gasteiger partial charge in [0.25, 0.3) is 0 Å². The first-order valence-corrected chi connectivity index (χ1v) is 10.7. The predicted octanol–water partition coefficient (Wildman–Crippen LogP) is 3.93. The Morgan fingerprint density at radius 2 is 1.59 bits per heavy atom. The minimum Gasteiger partial charge on any atom is -0.497 e. The molecule has 0 aromatic heterocycles. The van der Waals surface area contributed by atoms with E-state index in [9.17, 15) is 9.59 Å². The molecule has 32 heavy (non-hydrogen) atoms. The van der Waals surface area contributed by atoms with Crippen LogP contribution in [0.3, 0.4) is 0 Å². The van der Waals surface area contributed by atoms with Crippen molar-refractivity contribution < 1.29 is 14.3 Å². The Hall–Kier alpha value is -3.60. The smallest absolute Gasteiger partial charge is 0.242 e. The highest BCUT2D eigenvalue weighted by atomic mass is 16.5. The van der Waals surface area contributed by atoms with Gasteiger partial charge in [-0.05, 0) is 35.7 Å². The SMILES string of the molecule is CNC(=O)[C@@H](Cc1ccccc1)N(Cc1cccc(C)c1)C(=O)Cc1ccc(OC)cc1. The molecule has 5 nitrogen and oxygen atoms in total. The summed E-state index contributed by atoms with van der Waals surface area (Å²) in [4.78, 5) is 28.2. The van der Waals surface area contributed by atoms with Crippen LogP contribution in [0.15, 0.2) is 78.9 Å². The first kappa shape index (κ1) is 23.1. The molecule has 0 aliphatic heterocycles. The lowest BCUT2D eigenvalue weighted by Gasteiger charge is -2.31. The van der Waals surface area contributed by atoms with Crippen LogP contribution in [0, 0.1) is 6.92 Å². The van der Waals surface area contributed by atoms with Gasteiger partial charge in [-0.25, -0.2) is 0 Å². The third kappa shape index (κ3) is 6.20. The topological polar surface area (TPSA) is 58.6 Å². The van der Waals surface area contributed by atoms with Crippen LogP contribution in [0.1, 0.15) is 22.3 Å². The van der Waals surface area contributed by atoms with Gasteiger partial charge < -0.3 is 15.0 Å². The molecule has 0 unspecified atom stereocenters. The molecule has 3 aromatic rings. The number of nitrogens with one attached hydrogen (secondary N) is 1. The van der Waals surface area contributed by atoms with Crippen molar-refractivity contribution in [2.24, 2.45) is 0 Å². The highest BCUT2D eigenvalue weighted by Crippen LogP contribution is 2.18. The molecule has 3 aromatic carbocycles. The zero-order valence-corrected chi connectivity index (χ0v) is 18.9. The van der Waals surface area contributed by atoms with E-state index in [4.69, 9.17) is 4.74 Å². The second kappa shape index (κ2) is 11.1. The van der Waals surface area contributed by atoms with E-state index >= 15 is 0 Å². The third-order valence-electron chi connectivity index (χ3n) is 5.47. The summed E-state index contributed by atoms with van der Waals surface area (Å²) in [5.74, 6) is 0.468. The highest BCUT2D eigenvalue weighted by Gasteiger charge is 2.29. The van der Waals surface area contributed by atoms with Crippen LogP contribution in [-0.2, 0) is 29.0 Å². The number of ether oxygens (including phenoxy) is 1. The number of carbonyl (C=O) groups is 2. The van der Waals surface area contributed by atoms with Crippen LogP contribution in [0.2, 0.25) is 0 Å². The lowest BCUT2D eigenvalue weighted by Crippen LogP contribution is -2.50. The highest BCUT2D eigenvalue weighted by molar-refractivity contribution is 5.88. The van der Waals surface area contributed by atoms with Crippen molar-refractivity contribution >= 4 is 11.8 Å². The first-order valence-electron chi connectivity index (χ1n) is 10.7. The Morgan fingerprint density at radius 3 is 2.22 bits per heavy atom. The van der Waals surface area contributed by atoms with Gasteiger partial charge >= 0.3 is 0 Å². The van der Waals surface area contributed by atoms with E-state index in [-0.39, 0.29) is 18.2 Å². The Bertz CT molecular complexity index is 1030. The Balaban J connectivity index is 1.92. The van der Waals surface area contributed by atoms with Crippen molar-refractivity contribution in [3.8, 4) is 5.75 Å². The Morgan fingerprint density at radius 1 is 0.906 bits per heavy atom. The standard InChI is InChI=1S/C27H30N2O3/c1-20-8-7-11-23(16-20)19-29(26(30)18-22-12-14-24(32-3)15-13-22)25(27(31)28-2)17-21-9-5-4-6-10-21/h4-16,25H,17-19H2,1-3H3,(H,28,31)/t25-/m1/s1. The van der Waals surface area contributed by atoms with Crippen molar-refractivity contribution in [2.75, 3.05) is 14.2 Å². The fraction of sp³-hybridized carbons (Fsp3) is 0.259. The maximum atomic E-state index is 13.5. The van der Waals surface area contributed by atoms with Gasteiger partial charge in [-0.15, -0.1) is 0 Å². The summed E-state index contributed by atoms with van der Waals surface area (Å²) in [6.45, 7) is 2.38. The summed E-state index contributed by atoms with van der Waals surface area (Å²) in [6.07, 6.45) is 0.652. The van der Waals surface area contributed by atoms with E-state index in [1.807, 2.05) is 79.7 Å². The Kier molecular flexibility index (Phi) is 8.03. The number of likely N-dealkylation sites (N-methyl/N-ethyl adjacent to an activating group) is 1. The second-order valence-corrected chi connectivity index (χ2v) is 7.86. The summed E-state index contributed by atoms with van der Waals surface area (Å²) in [5.41, 5.74) is 3.99. The molecule has 166 valence electrons. The number of benzene rings is 3. The molecular formula is C27H30N2O3.